The van der Waals surface area contributed by atoms with Crippen LogP contribution in [0.25, 0.3) is 11.3 Å². The van der Waals surface area contributed by atoms with Gasteiger partial charge in [-0.3, -0.25) is 0 Å². The number of rotatable bonds is 3. The van der Waals surface area contributed by atoms with Crippen molar-refractivity contribution in [1.82, 2.24) is 14.3 Å². The summed E-state index contributed by atoms with van der Waals surface area (Å²) in [6, 6.07) is 5.02. The fraction of sp³-hybridized carbons (Fsp3) is 0.400. The fourth-order valence-electron chi connectivity index (χ4n) is 2.71. The number of aromatic amines is 1. The zero-order valence-electron chi connectivity index (χ0n) is 13.4. The number of benzene rings is 1. The Morgan fingerprint density at radius 2 is 1.84 bits per heavy atom. The van der Waals surface area contributed by atoms with Gasteiger partial charge < -0.3 is 9.88 Å². The molecule has 0 radical (unpaired) electrons. The Kier molecular flexibility index (Phi) is 4.50. The molecule has 6 nitrogen and oxygen atoms in total. The summed E-state index contributed by atoms with van der Waals surface area (Å²) in [4.78, 5) is 9.10. The summed E-state index contributed by atoms with van der Waals surface area (Å²) >= 11 is 0. The van der Waals surface area contributed by atoms with Crippen LogP contribution in [0.5, 0.6) is 0 Å². The number of halogens is 3. The minimum absolute atomic E-state index is 0.346. The van der Waals surface area contributed by atoms with E-state index in [-0.39, 0.29) is 0 Å². The van der Waals surface area contributed by atoms with E-state index in [4.69, 9.17) is 0 Å². The lowest BCUT2D eigenvalue weighted by Gasteiger charge is -2.32. The van der Waals surface area contributed by atoms with E-state index in [1.807, 2.05) is 4.90 Å². The second-order valence-corrected chi connectivity index (χ2v) is 7.83. The van der Waals surface area contributed by atoms with Crippen molar-refractivity contribution in [3.8, 4) is 11.3 Å². The standard InChI is InChI=1S/C15H17F3N4O2S/c1-25(23,24)22-7-5-21(6-8-22)14-19-10-13(20-14)11-3-2-4-12(9-11)15(16,17)18/h2-4,9-10H,5-8H2,1H3,(H,19,20). The largest absolute Gasteiger partial charge is 0.416 e. The van der Waals surface area contributed by atoms with E-state index < -0.39 is 21.8 Å². The van der Waals surface area contributed by atoms with E-state index >= 15 is 0 Å². The van der Waals surface area contributed by atoms with Crippen molar-refractivity contribution < 1.29 is 21.6 Å². The Bertz CT molecular complexity index is 856. The van der Waals surface area contributed by atoms with Gasteiger partial charge in [-0.25, -0.2) is 13.4 Å². The Morgan fingerprint density at radius 1 is 1.16 bits per heavy atom. The van der Waals surface area contributed by atoms with E-state index in [0.29, 0.717) is 43.4 Å². The van der Waals surface area contributed by atoms with Gasteiger partial charge in [0, 0.05) is 31.7 Å². The molecule has 136 valence electrons. The van der Waals surface area contributed by atoms with Gasteiger partial charge in [-0.05, 0) is 12.1 Å². The van der Waals surface area contributed by atoms with Crippen LogP contribution in [0, 0.1) is 0 Å². The second-order valence-electron chi connectivity index (χ2n) is 5.85. The van der Waals surface area contributed by atoms with Gasteiger partial charge in [-0.1, -0.05) is 12.1 Å². The molecule has 0 saturated carbocycles. The molecule has 25 heavy (non-hydrogen) atoms. The lowest BCUT2D eigenvalue weighted by molar-refractivity contribution is -0.137. The zero-order chi connectivity index (χ0) is 18.2. The third-order valence-corrected chi connectivity index (χ3v) is 5.37. The van der Waals surface area contributed by atoms with E-state index in [9.17, 15) is 21.6 Å². The van der Waals surface area contributed by atoms with Crippen LogP contribution < -0.4 is 4.90 Å². The fourth-order valence-corrected chi connectivity index (χ4v) is 3.54. The normalized spacial score (nSPS) is 17.0. The van der Waals surface area contributed by atoms with Gasteiger partial charge in [-0.15, -0.1) is 0 Å². The summed E-state index contributed by atoms with van der Waals surface area (Å²) in [6.45, 7) is 1.61. The third-order valence-electron chi connectivity index (χ3n) is 4.07. The number of nitrogens with one attached hydrogen (secondary N) is 1. The number of piperazine rings is 1. The van der Waals surface area contributed by atoms with Crippen LogP contribution in [-0.2, 0) is 16.2 Å². The molecule has 2 heterocycles. The molecule has 1 fully saturated rings. The number of aromatic nitrogens is 2. The average molecular weight is 374 g/mol. The van der Waals surface area contributed by atoms with Gasteiger partial charge in [0.1, 0.15) is 0 Å². The number of H-pyrrole nitrogens is 1. The van der Waals surface area contributed by atoms with Crippen LogP contribution >= 0.6 is 0 Å². The number of hydrogen-bond donors (Lipinski definition) is 1. The van der Waals surface area contributed by atoms with E-state index in [0.717, 1.165) is 12.1 Å². The SMILES string of the molecule is CS(=O)(=O)N1CCN(c2ncc(-c3cccc(C(F)(F)F)c3)[nH]2)CC1. The minimum Gasteiger partial charge on any atom is -0.340 e. The second kappa shape index (κ2) is 6.34. The van der Waals surface area contributed by atoms with Crippen molar-refractivity contribution >= 4 is 16.0 Å². The summed E-state index contributed by atoms with van der Waals surface area (Å²) < 4.78 is 62.9. The predicted molar refractivity (Wildman–Crippen MR) is 87.7 cm³/mol. The lowest BCUT2D eigenvalue weighted by atomic mass is 10.1. The van der Waals surface area contributed by atoms with Gasteiger partial charge in [0.2, 0.25) is 16.0 Å². The molecule has 0 amide bonds. The van der Waals surface area contributed by atoms with Gasteiger partial charge >= 0.3 is 6.18 Å². The first-order valence-electron chi connectivity index (χ1n) is 7.57. The van der Waals surface area contributed by atoms with Gasteiger partial charge in [-0.2, -0.15) is 17.5 Å². The third kappa shape index (κ3) is 3.96. The molecule has 1 aliphatic heterocycles. The maximum atomic E-state index is 12.8. The molecule has 3 rings (SSSR count). The van der Waals surface area contributed by atoms with Crippen LogP contribution in [0.4, 0.5) is 19.1 Å². The van der Waals surface area contributed by atoms with Crippen LogP contribution in [0.15, 0.2) is 30.5 Å². The van der Waals surface area contributed by atoms with Crippen molar-refractivity contribution in [1.29, 1.82) is 0 Å². The molecular formula is C15H17F3N4O2S. The molecule has 1 saturated heterocycles. The number of sulfonamides is 1. The highest BCUT2D eigenvalue weighted by Crippen LogP contribution is 2.32. The Morgan fingerprint density at radius 3 is 2.44 bits per heavy atom. The number of alkyl halides is 3. The van der Waals surface area contributed by atoms with Crippen molar-refractivity contribution in [3.05, 3.63) is 36.0 Å². The Labute approximate surface area is 143 Å². The highest BCUT2D eigenvalue weighted by atomic mass is 32.2. The number of imidazole rings is 1. The van der Waals surface area contributed by atoms with E-state index in [2.05, 4.69) is 9.97 Å². The first-order chi connectivity index (χ1) is 11.6. The van der Waals surface area contributed by atoms with Crippen LogP contribution in [0.2, 0.25) is 0 Å². The first-order valence-corrected chi connectivity index (χ1v) is 9.42. The van der Waals surface area contributed by atoms with Crippen LogP contribution in [0.1, 0.15) is 5.56 Å². The van der Waals surface area contributed by atoms with Crippen molar-refractivity contribution in [2.24, 2.45) is 0 Å². The molecule has 0 atom stereocenters. The van der Waals surface area contributed by atoms with Crippen molar-refractivity contribution in [2.45, 2.75) is 6.18 Å². The quantitative estimate of drug-likeness (QED) is 0.894. The van der Waals surface area contributed by atoms with E-state index in [1.165, 1.54) is 22.8 Å². The molecule has 1 aromatic carbocycles. The monoisotopic (exact) mass is 374 g/mol. The molecular weight excluding hydrogens is 357 g/mol. The lowest BCUT2D eigenvalue weighted by Crippen LogP contribution is -2.48. The van der Waals surface area contributed by atoms with Gasteiger partial charge in [0.15, 0.2) is 0 Å². The molecule has 0 spiro atoms. The summed E-state index contributed by atoms with van der Waals surface area (Å²) in [7, 11) is -3.22. The molecule has 0 aliphatic carbocycles. The van der Waals surface area contributed by atoms with Gasteiger partial charge in [0.05, 0.1) is 23.7 Å². The summed E-state index contributed by atoms with van der Waals surface area (Å²) in [5.41, 5.74) is 0.151. The van der Waals surface area contributed by atoms with Crippen LogP contribution in [0.3, 0.4) is 0 Å². The van der Waals surface area contributed by atoms with Gasteiger partial charge in [0.25, 0.3) is 0 Å². The number of hydrogen-bond acceptors (Lipinski definition) is 4. The molecule has 10 heteroatoms. The first kappa shape index (κ1) is 17.7. The maximum Gasteiger partial charge on any atom is 0.416 e. The average Bonchev–Trinajstić information content (AvgIpc) is 3.03. The summed E-state index contributed by atoms with van der Waals surface area (Å²) in [5.74, 6) is 0.514. The molecule has 1 N–H and O–H groups in total. The highest BCUT2D eigenvalue weighted by Gasteiger charge is 2.30. The molecule has 2 aromatic rings. The van der Waals surface area contributed by atoms with Crippen molar-refractivity contribution in [2.75, 3.05) is 37.3 Å². The molecule has 0 bridgehead atoms. The Hall–Kier alpha value is -2.07. The minimum atomic E-state index is -4.40. The van der Waals surface area contributed by atoms with E-state index in [1.54, 1.807) is 6.07 Å². The molecule has 1 aliphatic rings. The number of nitrogens with zero attached hydrogens (tertiary/aromatic N) is 3. The predicted octanol–water partition coefficient (Wildman–Crippen LogP) is 2.18. The highest BCUT2D eigenvalue weighted by molar-refractivity contribution is 7.88. The van der Waals surface area contributed by atoms with Crippen molar-refractivity contribution in [3.63, 3.8) is 0 Å². The zero-order valence-corrected chi connectivity index (χ0v) is 14.2. The molecule has 1 aromatic heterocycles. The molecule has 0 unspecified atom stereocenters. The Balaban J connectivity index is 1.76. The summed E-state index contributed by atoms with van der Waals surface area (Å²) in [6.07, 6.45) is -1.75. The smallest absolute Gasteiger partial charge is 0.340 e. The number of anilines is 1. The maximum absolute atomic E-state index is 12.8. The topological polar surface area (TPSA) is 69.3 Å². The van der Waals surface area contributed by atoms with Crippen LogP contribution in [-0.4, -0.2) is 55.1 Å². The summed E-state index contributed by atoms with van der Waals surface area (Å²) in [5, 5.41) is 0.